The molecule has 3 aromatic rings. The van der Waals surface area contributed by atoms with E-state index >= 15 is 0 Å². The van der Waals surface area contributed by atoms with Crippen LogP contribution in [0.4, 0.5) is 0 Å². The number of aromatic nitrogens is 3. The number of carbonyl (C=O) groups excluding carboxylic acids is 10. The van der Waals surface area contributed by atoms with E-state index in [1.807, 2.05) is 23.1 Å². The molecule has 19 N–H and O–H groups in total. The first-order chi connectivity index (χ1) is 54.0. The molecule has 0 radical (unpaired) electrons. The van der Waals surface area contributed by atoms with Crippen LogP contribution in [0, 0.1) is 58.2 Å². The number of nitrogens with zero attached hydrogens (tertiary/aromatic N) is 4. The number of primary amides is 1. The summed E-state index contributed by atoms with van der Waals surface area (Å²) in [4.78, 5) is 187. The molecule has 5 aliphatic rings. The molecule has 0 bridgehead atoms. The van der Waals surface area contributed by atoms with E-state index in [0.29, 0.717) is 95.7 Å². The van der Waals surface area contributed by atoms with Crippen LogP contribution in [0.5, 0.6) is 0 Å². The van der Waals surface area contributed by atoms with Crippen LogP contribution in [0.25, 0.3) is 10.9 Å². The lowest BCUT2D eigenvalue weighted by molar-refractivity contribution is -0.202. The van der Waals surface area contributed by atoms with Crippen LogP contribution in [0.1, 0.15) is 144 Å². The molecule has 3 heterocycles. The van der Waals surface area contributed by atoms with Crippen molar-refractivity contribution in [3.8, 4) is 0 Å². The molecular formula is C79H123N17O18. The summed E-state index contributed by atoms with van der Waals surface area (Å²) in [5, 5.41) is 82.1. The zero-order valence-electron chi connectivity index (χ0n) is 67.1. The highest BCUT2D eigenvalue weighted by Gasteiger charge is 2.66. The molecule has 35 nitrogen and oxygen atoms in total. The van der Waals surface area contributed by atoms with Gasteiger partial charge in [-0.05, 0) is 141 Å². The van der Waals surface area contributed by atoms with E-state index in [1.54, 1.807) is 49.8 Å². The molecule has 114 heavy (non-hydrogen) atoms. The Morgan fingerprint density at radius 2 is 1.25 bits per heavy atom. The highest BCUT2D eigenvalue weighted by Crippen LogP contribution is 2.68. The van der Waals surface area contributed by atoms with Gasteiger partial charge in [0.1, 0.15) is 36.0 Å². The number of H-pyrrole nitrogens is 2. The molecule has 1 aliphatic heterocycles. The number of aliphatic hydroxyl groups excluding tert-OH is 2. The number of imidazole rings is 1. The Bertz CT molecular complexity index is 3820. The molecule has 5 fully saturated rings. The number of carbonyl (C=O) groups is 13. The predicted molar refractivity (Wildman–Crippen MR) is 419 cm³/mol. The first-order valence-electron chi connectivity index (χ1n) is 40.3. The van der Waals surface area contributed by atoms with Gasteiger partial charge < -0.3 is 89.1 Å². The molecule has 9 amide bonds. The molecule has 35 heteroatoms. The number of carboxylic acid groups (broad SMARTS) is 3. The van der Waals surface area contributed by atoms with E-state index in [0.717, 1.165) is 30.2 Å². The third kappa shape index (κ3) is 25.3. The fourth-order valence-electron chi connectivity index (χ4n) is 18.4. The van der Waals surface area contributed by atoms with Gasteiger partial charge in [-0.2, -0.15) is 0 Å². The number of hydrogen-bond donors (Lipinski definition) is 18. The third-order valence-electron chi connectivity index (χ3n) is 24.6. The number of aliphatic hydroxyl groups is 2. The van der Waals surface area contributed by atoms with E-state index in [4.69, 9.17) is 5.73 Å². The van der Waals surface area contributed by atoms with Crippen LogP contribution < -0.4 is 58.9 Å². The summed E-state index contributed by atoms with van der Waals surface area (Å²) < 4.78 is 0. The molecule has 17 atom stereocenters. The number of para-hydroxylation sites is 1. The van der Waals surface area contributed by atoms with Crippen LogP contribution in [0.3, 0.4) is 0 Å². The maximum absolute atomic E-state index is 14.5. The summed E-state index contributed by atoms with van der Waals surface area (Å²) >= 11 is 0. The molecule has 4 aliphatic carbocycles. The minimum absolute atomic E-state index is 0.00198. The molecule has 1 aromatic carbocycles. The van der Waals surface area contributed by atoms with Gasteiger partial charge in [0.15, 0.2) is 0 Å². The van der Waals surface area contributed by atoms with E-state index in [2.05, 4.69) is 88.9 Å². The minimum atomic E-state index is -1.36. The second-order valence-corrected chi connectivity index (χ2v) is 33.5. The molecule has 0 spiro atoms. The van der Waals surface area contributed by atoms with Crippen molar-refractivity contribution in [3.63, 3.8) is 0 Å². The number of hydrogen-bond acceptors (Lipinski definition) is 21. The molecule has 4 saturated carbocycles. The second kappa shape index (κ2) is 42.0. The van der Waals surface area contributed by atoms with Gasteiger partial charge >= 0.3 is 17.9 Å². The highest BCUT2D eigenvalue weighted by atomic mass is 16.4. The van der Waals surface area contributed by atoms with Crippen molar-refractivity contribution in [1.29, 1.82) is 0 Å². The topological polar surface area (TPSA) is 524 Å². The number of carboxylic acids is 3. The Morgan fingerprint density at radius 3 is 1.89 bits per heavy atom. The lowest BCUT2D eigenvalue weighted by Gasteiger charge is -2.63. The van der Waals surface area contributed by atoms with Crippen LogP contribution in [0.2, 0.25) is 0 Å². The lowest BCUT2D eigenvalue weighted by atomic mass is 9.43. The van der Waals surface area contributed by atoms with Crippen molar-refractivity contribution >= 4 is 87.8 Å². The number of aromatic amines is 2. The molecule has 8 rings (SSSR count). The molecule has 632 valence electrons. The van der Waals surface area contributed by atoms with Gasteiger partial charge in [0.2, 0.25) is 53.2 Å². The number of rotatable bonds is 39. The number of aliphatic carboxylic acids is 3. The first kappa shape index (κ1) is 90.5. The van der Waals surface area contributed by atoms with Crippen molar-refractivity contribution in [1.82, 2.24) is 82.8 Å². The number of ketones is 1. The molecular weight excluding hydrogens is 1470 g/mol. The quantitative estimate of drug-likeness (QED) is 0.0329. The number of benzene rings is 1. The monoisotopic (exact) mass is 1600 g/mol. The number of nitrogens with two attached hydrogens (primary N) is 1. The molecule has 3 unspecified atom stereocenters. The summed E-state index contributed by atoms with van der Waals surface area (Å²) in [6.07, 6.45) is 7.93. The first-order valence-corrected chi connectivity index (χ1v) is 40.3. The average Bonchev–Trinajstić information content (AvgIpc) is 1.39. The van der Waals surface area contributed by atoms with Gasteiger partial charge in [0, 0.05) is 113 Å². The number of Topliss-reactive ketones (excluding diaryl/α,β-unsaturated/α-hetero) is 1. The highest BCUT2D eigenvalue weighted by molar-refractivity contribution is 5.97. The Kier molecular flexibility index (Phi) is 33.4. The fourth-order valence-corrected chi connectivity index (χ4v) is 18.4. The summed E-state index contributed by atoms with van der Waals surface area (Å²) in [6, 6.07) is -0.547. The van der Waals surface area contributed by atoms with Gasteiger partial charge in [-0.25, -0.2) is 9.78 Å². The molecule has 1 saturated heterocycles. The van der Waals surface area contributed by atoms with Gasteiger partial charge in [0.05, 0.1) is 63.8 Å². The van der Waals surface area contributed by atoms with Crippen LogP contribution >= 0.6 is 0 Å². The smallest absolute Gasteiger partial charge is 0.326 e. The van der Waals surface area contributed by atoms with Crippen molar-refractivity contribution < 1.29 is 87.9 Å². The van der Waals surface area contributed by atoms with E-state index in [-0.39, 0.29) is 142 Å². The summed E-state index contributed by atoms with van der Waals surface area (Å²) in [5.41, 5.74) is 6.64. The Labute approximate surface area is 665 Å². The zero-order valence-corrected chi connectivity index (χ0v) is 67.1. The van der Waals surface area contributed by atoms with Gasteiger partial charge in [-0.1, -0.05) is 66.7 Å². The number of fused-ring (bicyclic) bond motifs is 6. The largest absolute Gasteiger partial charge is 0.480 e. The third-order valence-corrected chi connectivity index (χ3v) is 24.6. The normalized spacial score (nSPS) is 25.5. The summed E-state index contributed by atoms with van der Waals surface area (Å²) in [5.74, 6) is -10.3. The van der Waals surface area contributed by atoms with Crippen molar-refractivity contribution in [2.75, 3.05) is 91.6 Å². The van der Waals surface area contributed by atoms with Crippen LogP contribution in [-0.4, -0.2) is 278 Å². The number of amides is 9. The summed E-state index contributed by atoms with van der Waals surface area (Å²) in [6.45, 7) is 16.5. The van der Waals surface area contributed by atoms with Gasteiger partial charge in [0.25, 0.3) is 0 Å². The second-order valence-electron chi connectivity index (χ2n) is 33.5. The Balaban J connectivity index is 0.822. The maximum Gasteiger partial charge on any atom is 0.326 e. The Hall–Kier alpha value is -9.00. The van der Waals surface area contributed by atoms with Gasteiger partial charge in [-0.3, -0.25) is 77.6 Å². The van der Waals surface area contributed by atoms with Crippen molar-refractivity contribution in [3.05, 3.63) is 54.2 Å². The SMILES string of the molecule is CC(C)C[C@H](NC(=O)[C@H](Cc1cnc[nH]1)NC(=O)CNC(=O)[C@@H](NC(=O)[C@H](C)NC(=O)[C@H](Cc1c[nH]c2ccccc12)NC(=O)[C@H](CCC(N)=O)NCC(=O)CC[C@@H](C)[C@H]1CC[C@H]2[C@@H]3C(O)CC4C[C@@H](NC(=O)CNC(=O)CN5CCNCCN(CC(=O)O)CCN(CC(=O)O)CC5)CC[C@]4(C)[C@H]3CC(O)[C@]12C)C(C)C)C(=O)O. The van der Waals surface area contributed by atoms with Crippen LogP contribution in [-0.2, 0) is 75.2 Å². The average molecular weight is 1600 g/mol. The van der Waals surface area contributed by atoms with E-state index in [1.165, 1.54) is 19.4 Å². The van der Waals surface area contributed by atoms with Crippen molar-refractivity contribution in [2.24, 2.45) is 63.9 Å². The predicted octanol–water partition coefficient (Wildman–Crippen LogP) is -0.888. The maximum atomic E-state index is 14.5. The Morgan fingerprint density at radius 1 is 0.623 bits per heavy atom. The van der Waals surface area contributed by atoms with Crippen LogP contribution in [0.15, 0.2) is 43.0 Å². The fraction of sp³-hybridized carbons (Fsp3) is 0.696. The molecule has 2 aromatic heterocycles. The van der Waals surface area contributed by atoms with Crippen molar-refractivity contribution in [2.45, 2.75) is 200 Å². The minimum Gasteiger partial charge on any atom is -0.480 e. The lowest BCUT2D eigenvalue weighted by Crippen LogP contribution is -2.63. The van der Waals surface area contributed by atoms with E-state index < -0.39 is 126 Å². The van der Waals surface area contributed by atoms with Gasteiger partial charge in [-0.15, -0.1) is 0 Å². The number of nitrogens with one attached hydrogen (secondary N) is 12. The standard InChI is InChI=1S/C79H123N17O18/c1-44(2)29-61(77(113)114)92-75(111)60(33-51-36-82-43-87-51)90-66(102)39-86-76(112)71(45(3)4)93-72(108)47(6)88-74(110)59(30-48-35-83-57-12-10-9-11-53(48)57)91-73(109)58(17-18-64(80)100)84-37-52(97)14-13-46(5)54-15-16-55-70-56(34-63(99)79(54,55)8)78(7)20-19-50(31-49(78)32-62(70)98)89-65(101)38-85-67(103)40-94-23-21-81-22-24-95(41-68(104)105)26-28-96(27-25-94)42-69(106)107/h9-12,35-36,43-47,49-50,54-56,58-63,70-71,81,83-84,98-99H,13-34,37-42H2,1-8H3,(H2,80,100)(H,82,87)(H,85,103)(H,86,112)(H,88,110)(H,89,101)(H,90,102)(H,91,109)(H,92,111)(H,93,108)(H,104,105)(H,106,107)(H,113,114)/t46-,47+,49?,50+,54-,55+,56+,58+,59+,60+,61+,62?,63?,70+,71+,78+,79-/m1/s1. The summed E-state index contributed by atoms with van der Waals surface area (Å²) in [7, 11) is 0. The zero-order chi connectivity index (χ0) is 83.3. The van der Waals surface area contributed by atoms with E-state index in [9.17, 15) is 87.9 Å².